The van der Waals surface area contributed by atoms with Gasteiger partial charge in [0.25, 0.3) is 0 Å². The molecule has 1 heterocycles. The molecule has 1 aromatic rings. The van der Waals surface area contributed by atoms with E-state index < -0.39 is 0 Å². The second-order valence-corrected chi connectivity index (χ2v) is 5.29. The van der Waals surface area contributed by atoms with Crippen molar-refractivity contribution in [2.75, 3.05) is 6.61 Å². The Morgan fingerprint density at radius 3 is 2.65 bits per heavy atom. The van der Waals surface area contributed by atoms with Gasteiger partial charge in [-0.3, -0.25) is 0 Å². The predicted molar refractivity (Wildman–Crippen MR) is 69.1 cm³/mol. The van der Waals surface area contributed by atoms with Crippen LogP contribution in [0.4, 0.5) is 0 Å². The molecule has 2 atom stereocenters. The Morgan fingerprint density at radius 2 is 2.00 bits per heavy atom. The third kappa shape index (κ3) is 3.08. The molecule has 3 rings (SSSR count). The molecule has 1 saturated heterocycles. The highest BCUT2D eigenvalue weighted by Crippen LogP contribution is 2.24. The lowest BCUT2D eigenvalue weighted by Gasteiger charge is -2.24. The van der Waals surface area contributed by atoms with E-state index in [2.05, 4.69) is 35.6 Å². The minimum Gasteiger partial charge on any atom is -0.377 e. The van der Waals surface area contributed by atoms with E-state index in [1.54, 1.807) is 0 Å². The van der Waals surface area contributed by atoms with Crippen LogP contribution in [-0.4, -0.2) is 24.8 Å². The lowest BCUT2D eigenvalue weighted by molar-refractivity contribution is 0.0776. The van der Waals surface area contributed by atoms with Gasteiger partial charge in [0.2, 0.25) is 0 Å². The SMILES string of the molecule is c1ccc(C[C@H](NC2CC2)[C@H]2CCCO2)cc1. The first-order valence-electron chi connectivity index (χ1n) is 6.83. The van der Waals surface area contributed by atoms with Crippen molar-refractivity contribution in [3.63, 3.8) is 0 Å². The van der Waals surface area contributed by atoms with E-state index in [0.29, 0.717) is 12.1 Å². The zero-order chi connectivity index (χ0) is 11.5. The Hall–Kier alpha value is -0.860. The first-order valence-corrected chi connectivity index (χ1v) is 6.83. The number of benzene rings is 1. The van der Waals surface area contributed by atoms with E-state index in [9.17, 15) is 0 Å². The zero-order valence-corrected chi connectivity index (χ0v) is 10.3. The third-order valence-electron chi connectivity index (χ3n) is 3.74. The molecule has 2 fully saturated rings. The van der Waals surface area contributed by atoms with E-state index in [4.69, 9.17) is 4.74 Å². The van der Waals surface area contributed by atoms with Gasteiger partial charge in [-0.15, -0.1) is 0 Å². The fourth-order valence-corrected chi connectivity index (χ4v) is 2.64. The minimum atomic E-state index is 0.427. The first-order chi connectivity index (χ1) is 8.42. The normalized spacial score (nSPS) is 26.0. The van der Waals surface area contributed by atoms with Crippen LogP contribution in [0.3, 0.4) is 0 Å². The maximum absolute atomic E-state index is 5.85. The molecule has 2 aliphatic rings. The van der Waals surface area contributed by atoms with Crippen LogP contribution < -0.4 is 5.32 Å². The fraction of sp³-hybridized carbons (Fsp3) is 0.600. The monoisotopic (exact) mass is 231 g/mol. The lowest BCUT2D eigenvalue weighted by Crippen LogP contribution is -2.42. The average molecular weight is 231 g/mol. The molecule has 17 heavy (non-hydrogen) atoms. The molecule has 0 radical (unpaired) electrons. The number of rotatable bonds is 5. The summed E-state index contributed by atoms with van der Waals surface area (Å²) in [4.78, 5) is 0. The molecule has 1 aliphatic heterocycles. The smallest absolute Gasteiger partial charge is 0.0732 e. The van der Waals surface area contributed by atoms with Gasteiger partial charge in [0.05, 0.1) is 6.10 Å². The molecule has 0 bridgehead atoms. The number of nitrogens with one attached hydrogen (secondary N) is 1. The Bertz CT molecular complexity index is 341. The molecule has 2 nitrogen and oxygen atoms in total. The third-order valence-corrected chi connectivity index (χ3v) is 3.74. The molecule has 0 aromatic heterocycles. The summed E-state index contributed by atoms with van der Waals surface area (Å²) < 4.78 is 5.85. The highest BCUT2D eigenvalue weighted by atomic mass is 16.5. The van der Waals surface area contributed by atoms with Crippen molar-refractivity contribution >= 4 is 0 Å². The summed E-state index contributed by atoms with van der Waals surface area (Å²) in [5, 5.41) is 3.76. The molecule has 1 aliphatic carbocycles. The summed E-state index contributed by atoms with van der Waals surface area (Å²) in [6.07, 6.45) is 6.66. The van der Waals surface area contributed by atoms with Gasteiger partial charge >= 0.3 is 0 Å². The van der Waals surface area contributed by atoms with Crippen LogP contribution in [0.25, 0.3) is 0 Å². The van der Waals surface area contributed by atoms with Crippen LogP contribution in [0.2, 0.25) is 0 Å². The van der Waals surface area contributed by atoms with Crippen molar-refractivity contribution < 1.29 is 4.74 Å². The van der Waals surface area contributed by atoms with Crippen molar-refractivity contribution in [2.45, 2.75) is 50.3 Å². The van der Waals surface area contributed by atoms with Crippen LogP contribution in [0.1, 0.15) is 31.2 Å². The second-order valence-electron chi connectivity index (χ2n) is 5.29. The molecule has 92 valence electrons. The molecular weight excluding hydrogens is 210 g/mol. The molecule has 1 saturated carbocycles. The van der Waals surface area contributed by atoms with Gasteiger partial charge in [-0.1, -0.05) is 30.3 Å². The summed E-state index contributed by atoms with van der Waals surface area (Å²) in [6.45, 7) is 0.947. The van der Waals surface area contributed by atoms with Crippen LogP contribution >= 0.6 is 0 Å². The number of hydrogen-bond acceptors (Lipinski definition) is 2. The number of ether oxygens (including phenoxy) is 1. The van der Waals surface area contributed by atoms with Crippen molar-refractivity contribution in [3.05, 3.63) is 35.9 Å². The highest BCUT2D eigenvalue weighted by molar-refractivity contribution is 5.16. The standard InChI is InChI=1S/C15H21NO/c1-2-5-12(6-3-1)11-14(16-13-8-9-13)15-7-4-10-17-15/h1-3,5-6,13-16H,4,7-11H2/t14-,15+/m0/s1. The van der Waals surface area contributed by atoms with Crippen LogP contribution in [0.15, 0.2) is 30.3 Å². The van der Waals surface area contributed by atoms with E-state index in [-0.39, 0.29) is 0 Å². The molecule has 1 aromatic carbocycles. The summed E-state index contributed by atoms with van der Waals surface area (Å²) in [6, 6.07) is 12.0. The van der Waals surface area contributed by atoms with Crippen molar-refractivity contribution in [2.24, 2.45) is 0 Å². The summed E-state index contributed by atoms with van der Waals surface area (Å²) >= 11 is 0. The maximum atomic E-state index is 5.85. The van der Waals surface area contributed by atoms with E-state index in [1.807, 2.05) is 0 Å². The van der Waals surface area contributed by atoms with E-state index in [0.717, 1.165) is 19.1 Å². The molecular formula is C15H21NO. The van der Waals surface area contributed by atoms with Gasteiger partial charge in [0.1, 0.15) is 0 Å². The Balaban J connectivity index is 1.64. The zero-order valence-electron chi connectivity index (χ0n) is 10.3. The summed E-state index contributed by atoms with van der Waals surface area (Å²) in [5.74, 6) is 0. The predicted octanol–water partition coefficient (Wildman–Crippen LogP) is 2.53. The summed E-state index contributed by atoms with van der Waals surface area (Å²) in [5.41, 5.74) is 1.42. The first kappa shape index (κ1) is 11.2. The highest BCUT2D eigenvalue weighted by Gasteiger charge is 2.31. The van der Waals surface area contributed by atoms with Gasteiger partial charge in [0, 0.05) is 18.7 Å². The second kappa shape index (κ2) is 5.19. The van der Waals surface area contributed by atoms with E-state index >= 15 is 0 Å². The van der Waals surface area contributed by atoms with Crippen molar-refractivity contribution in [1.29, 1.82) is 0 Å². The Labute approximate surface area is 103 Å². The van der Waals surface area contributed by atoms with Crippen molar-refractivity contribution in [1.82, 2.24) is 5.32 Å². The lowest BCUT2D eigenvalue weighted by atomic mass is 9.99. The fourth-order valence-electron chi connectivity index (χ4n) is 2.64. The quantitative estimate of drug-likeness (QED) is 0.841. The van der Waals surface area contributed by atoms with Crippen LogP contribution in [0.5, 0.6) is 0 Å². The van der Waals surface area contributed by atoms with Crippen molar-refractivity contribution in [3.8, 4) is 0 Å². The Morgan fingerprint density at radius 1 is 1.18 bits per heavy atom. The molecule has 0 amide bonds. The van der Waals surface area contributed by atoms with Crippen LogP contribution in [-0.2, 0) is 11.2 Å². The van der Waals surface area contributed by atoms with Gasteiger partial charge in [-0.2, -0.15) is 0 Å². The van der Waals surface area contributed by atoms with Crippen LogP contribution in [0, 0.1) is 0 Å². The van der Waals surface area contributed by atoms with Gasteiger partial charge in [-0.25, -0.2) is 0 Å². The largest absolute Gasteiger partial charge is 0.377 e. The molecule has 0 spiro atoms. The average Bonchev–Trinajstić information content (AvgIpc) is 3.01. The van der Waals surface area contributed by atoms with Gasteiger partial charge in [0.15, 0.2) is 0 Å². The maximum Gasteiger partial charge on any atom is 0.0732 e. The topological polar surface area (TPSA) is 21.3 Å². The van der Waals surface area contributed by atoms with Gasteiger partial charge < -0.3 is 10.1 Å². The molecule has 2 heteroatoms. The minimum absolute atomic E-state index is 0.427. The number of hydrogen-bond donors (Lipinski definition) is 1. The van der Waals surface area contributed by atoms with Gasteiger partial charge in [-0.05, 0) is 37.7 Å². The molecule has 0 unspecified atom stereocenters. The van der Waals surface area contributed by atoms with E-state index in [1.165, 1.54) is 31.2 Å². The summed E-state index contributed by atoms with van der Waals surface area (Å²) in [7, 11) is 0. The Kier molecular flexibility index (Phi) is 3.44. The molecule has 1 N–H and O–H groups in total.